The zero-order valence-electron chi connectivity index (χ0n) is 3.15. The topological polar surface area (TPSA) is 0 Å². The Morgan fingerprint density at radius 3 is 1.17 bits per heavy atom. The molecule has 0 unspecified atom stereocenters. The van der Waals surface area contributed by atoms with Crippen LogP contribution in [-0.2, 0) is 90.3 Å². The van der Waals surface area contributed by atoms with E-state index in [-0.39, 0.29) is 70.7 Å². The first kappa shape index (κ1) is 36.3. The Balaban J connectivity index is -0.000000000833. The van der Waals surface area contributed by atoms with E-state index < -0.39 is 0 Å². The van der Waals surface area contributed by atoms with Gasteiger partial charge in [0, 0.05) is 70.7 Å². The molecule has 0 atom stereocenters. The summed E-state index contributed by atoms with van der Waals surface area (Å²) in [5.74, 6) is 0. The SMILES string of the molecule is [BH2][Mo].[Cu].[Fe].[Mn].[Zn]. The second-order valence-electron chi connectivity index (χ2n) is 0. The molecule has 0 amide bonds. The quantitative estimate of drug-likeness (QED) is 0.497. The van der Waals surface area contributed by atoms with Gasteiger partial charge in [-0.3, -0.25) is 0 Å². The molecule has 0 aromatic heterocycles. The molecule has 6 heteroatoms. The minimum Gasteiger partial charge on any atom is 0 e. The van der Waals surface area contributed by atoms with Gasteiger partial charge in [-0.05, 0) is 0 Å². The number of hydrogen-bond acceptors (Lipinski definition) is 0. The molecule has 0 aliphatic carbocycles. The first-order chi connectivity index (χ1) is 1.00. The van der Waals surface area contributed by atoms with Gasteiger partial charge in [0.05, 0.1) is 0 Å². The summed E-state index contributed by atoms with van der Waals surface area (Å²) in [5, 5.41) is 0. The number of rotatable bonds is 0. The Morgan fingerprint density at radius 2 is 1.17 bits per heavy atom. The van der Waals surface area contributed by atoms with Crippen molar-refractivity contribution in [3.8, 4) is 0 Å². The summed E-state index contributed by atoms with van der Waals surface area (Å²) in [6, 6.07) is 0. The molecule has 2 radical (unpaired) electrons. The van der Waals surface area contributed by atoms with Crippen LogP contribution in [0.25, 0.3) is 0 Å². The van der Waals surface area contributed by atoms with Crippen LogP contribution in [0.2, 0.25) is 0 Å². The Bertz CT molecular complexity index is 15.5. The van der Waals surface area contributed by atoms with Gasteiger partial charge in [-0.2, -0.15) is 0 Å². The molecule has 39 valence electrons. The molecule has 0 rings (SSSR count). The summed E-state index contributed by atoms with van der Waals surface area (Å²) in [7, 11) is 0. The van der Waals surface area contributed by atoms with Crippen molar-refractivity contribution in [2.75, 3.05) is 0 Å². The van der Waals surface area contributed by atoms with E-state index in [1.807, 2.05) is 25.7 Å². The summed E-state index contributed by atoms with van der Waals surface area (Å²) < 4.78 is 0. The fourth-order valence-corrected chi connectivity index (χ4v) is 0. The smallest absolute Gasteiger partial charge is 0 e. The van der Waals surface area contributed by atoms with Crippen molar-refractivity contribution in [3.05, 3.63) is 0 Å². The average molecular weight is 348 g/mol. The van der Waals surface area contributed by atoms with Crippen LogP contribution in [0.15, 0.2) is 0 Å². The molecular formula is H2BCuFeMnMoZn. The van der Waals surface area contributed by atoms with Gasteiger partial charge in [0.25, 0.3) is 0 Å². The van der Waals surface area contributed by atoms with Crippen LogP contribution >= 0.6 is 0 Å². The predicted molar refractivity (Wildman–Crippen MR) is 8.54 cm³/mol. The predicted octanol–water partition coefficient (Wildman–Crippen LogP) is -0.929. The van der Waals surface area contributed by atoms with Crippen molar-refractivity contribution in [3.63, 3.8) is 0 Å². The molecular weight excluding hydrogens is 346 g/mol. The molecule has 0 nitrogen and oxygen atoms in total. The van der Waals surface area contributed by atoms with Crippen molar-refractivity contribution in [2.24, 2.45) is 0 Å². The Morgan fingerprint density at radius 1 is 1.17 bits per heavy atom. The Labute approximate surface area is 95.0 Å². The van der Waals surface area contributed by atoms with E-state index in [0.29, 0.717) is 0 Å². The summed E-state index contributed by atoms with van der Waals surface area (Å²) in [4.78, 5) is 0. The van der Waals surface area contributed by atoms with Crippen LogP contribution < -0.4 is 0 Å². The molecule has 0 N–H and O–H groups in total. The Hall–Kier alpha value is 2.94. The molecule has 0 aromatic rings. The van der Waals surface area contributed by atoms with E-state index in [0.717, 1.165) is 0 Å². The molecule has 6 heavy (non-hydrogen) atoms. The van der Waals surface area contributed by atoms with Crippen LogP contribution in [0, 0.1) is 0 Å². The molecule has 0 spiro atoms. The second kappa shape index (κ2) is 44.3. The molecule has 0 aliphatic rings. The summed E-state index contributed by atoms with van der Waals surface area (Å²) in [6.45, 7) is 0. The minimum absolute atomic E-state index is 0. The van der Waals surface area contributed by atoms with E-state index in [4.69, 9.17) is 0 Å². The van der Waals surface area contributed by atoms with Gasteiger partial charge in [0.2, 0.25) is 0 Å². The molecule has 0 saturated heterocycles. The van der Waals surface area contributed by atoms with Gasteiger partial charge in [-0.15, -0.1) is 0 Å². The van der Waals surface area contributed by atoms with Gasteiger partial charge < -0.3 is 0 Å². The van der Waals surface area contributed by atoms with E-state index in [9.17, 15) is 0 Å². The van der Waals surface area contributed by atoms with Gasteiger partial charge in [0.15, 0.2) is 0 Å². The monoisotopic (exact) mass is 349 g/mol. The van der Waals surface area contributed by atoms with E-state index in [1.165, 1.54) is 0 Å². The summed E-state index contributed by atoms with van der Waals surface area (Å²) >= 11 is 1.95. The van der Waals surface area contributed by atoms with Gasteiger partial charge in [-0.1, -0.05) is 0 Å². The van der Waals surface area contributed by atoms with Crippen molar-refractivity contribution < 1.29 is 90.3 Å². The van der Waals surface area contributed by atoms with E-state index >= 15 is 0 Å². The minimum atomic E-state index is 0. The third kappa shape index (κ3) is 28.4. The van der Waals surface area contributed by atoms with Gasteiger partial charge in [-0.25, -0.2) is 0 Å². The summed E-state index contributed by atoms with van der Waals surface area (Å²) in [6.07, 6.45) is 2.01. The third-order valence-corrected chi connectivity index (χ3v) is 0. The maximum absolute atomic E-state index is 2.01. The largest absolute Gasteiger partial charge is 0 e. The first-order valence-electron chi connectivity index (χ1n) is 0.408. The first-order valence-corrected chi connectivity index (χ1v) is 2.42. The van der Waals surface area contributed by atoms with Crippen LogP contribution in [0.1, 0.15) is 0 Å². The second-order valence-corrected chi connectivity index (χ2v) is 0. The van der Waals surface area contributed by atoms with Crippen LogP contribution in [-0.4, -0.2) is 6.11 Å². The van der Waals surface area contributed by atoms with Crippen molar-refractivity contribution in [2.45, 2.75) is 0 Å². The molecule has 0 heterocycles. The maximum Gasteiger partial charge on any atom is 0 e. The fraction of sp³-hybridized carbons (Fsp3) is 0. The fourth-order valence-electron chi connectivity index (χ4n) is 0. The standard InChI is InChI=1S/BH2.Cu.Fe.Mn.Mo.Zn/h1H2;;;;;/q+1;;;;-1;. The normalized spacial score (nSPS) is 0.667. The van der Waals surface area contributed by atoms with Crippen LogP contribution in [0.3, 0.4) is 0 Å². The zero-order chi connectivity index (χ0) is 2.00. The number of hydrogen-bond donors (Lipinski definition) is 0. The van der Waals surface area contributed by atoms with E-state index in [2.05, 4.69) is 0 Å². The third-order valence-electron chi connectivity index (χ3n) is 0. The molecule has 0 saturated carbocycles. The van der Waals surface area contributed by atoms with Gasteiger partial charge >= 0.3 is 25.7 Å². The average Bonchev–Trinajstić information content (AvgIpc) is 1.00. The molecule has 0 bridgehead atoms. The van der Waals surface area contributed by atoms with Crippen LogP contribution in [0.4, 0.5) is 0 Å². The molecule has 0 aliphatic heterocycles. The zero-order valence-corrected chi connectivity index (χ0v) is 11.3. The van der Waals surface area contributed by atoms with Gasteiger partial charge in [0.1, 0.15) is 0 Å². The van der Waals surface area contributed by atoms with Crippen molar-refractivity contribution >= 4 is 6.11 Å². The van der Waals surface area contributed by atoms with Crippen molar-refractivity contribution in [1.82, 2.24) is 0 Å². The van der Waals surface area contributed by atoms with Crippen molar-refractivity contribution in [1.29, 1.82) is 0 Å². The molecule has 0 fully saturated rings. The maximum atomic E-state index is 2.01. The van der Waals surface area contributed by atoms with Crippen LogP contribution in [0.5, 0.6) is 0 Å². The Kier molecular flexibility index (Phi) is 268. The summed E-state index contributed by atoms with van der Waals surface area (Å²) in [5.41, 5.74) is 0. The molecule has 0 aromatic carbocycles. The van der Waals surface area contributed by atoms with E-state index in [1.54, 1.807) is 0 Å².